The second-order valence-electron chi connectivity index (χ2n) is 5.33. The molecule has 0 fully saturated rings. The Morgan fingerprint density at radius 2 is 2.04 bits per heavy atom. The molecular weight excluding hydrogens is 390 g/mol. The molecular formula is C17H13N3O5S2. The van der Waals surface area contributed by atoms with Gasteiger partial charge in [0.2, 0.25) is 0 Å². The highest BCUT2D eigenvalue weighted by molar-refractivity contribution is 7.16. The van der Waals surface area contributed by atoms with Crippen molar-refractivity contribution in [2.75, 3.05) is 7.11 Å². The number of esters is 1. The second kappa shape index (κ2) is 7.64. The van der Waals surface area contributed by atoms with Gasteiger partial charge in [0.15, 0.2) is 4.80 Å². The van der Waals surface area contributed by atoms with Crippen LogP contribution in [0.1, 0.15) is 15.2 Å². The molecule has 0 unspecified atom stereocenters. The number of aromatic nitrogens is 1. The van der Waals surface area contributed by atoms with Gasteiger partial charge in [-0.3, -0.25) is 14.9 Å². The lowest BCUT2D eigenvalue weighted by molar-refractivity contribution is -0.380. The highest BCUT2D eigenvalue weighted by Gasteiger charge is 2.10. The average Bonchev–Trinajstić information content (AvgIpc) is 3.24. The van der Waals surface area contributed by atoms with E-state index in [4.69, 9.17) is 4.74 Å². The van der Waals surface area contributed by atoms with Gasteiger partial charge in [0, 0.05) is 24.1 Å². The van der Waals surface area contributed by atoms with Crippen LogP contribution in [0.3, 0.4) is 0 Å². The molecule has 138 valence electrons. The number of methoxy groups -OCH3 is 1. The minimum absolute atomic E-state index is 0.0105. The maximum absolute atomic E-state index is 12.1. The number of nitro groups is 1. The largest absolute Gasteiger partial charge is 0.465 e. The van der Waals surface area contributed by atoms with Crippen LogP contribution in [-0.4, -0.2) is 28.5 Å². The molecule has 0 bridgehead atoms. The van der Waals surface area contributed by atoms with Gasteiger partial charge in [-0.25, -0.2) is 4.79 Å². The number of amides is 1. The van der Waals surface area contributed by atoms with Gasteiger partial charge in [-0.2, -0.15) is 4.99 Å². The highest BCUT2D eigenvalue weighted by atomic mass is 32.1. The lowest BCUT2D eigenvalue weighted by atomic mass is 10.2. The quantitative estimate of drug-likeness (QED) is 0.288. The van der Waals surface area contributed by atoms with Crippen LogP contribution in [-0.2, 0) is 16.6 Å². The lowest BCUT2D eigenvalue weighted by Crippen LogP contribution is -2.12. The summed E-state index contributed by atoms with van der Waals surface area (Å²) in [6.45, 7) is 0. The molecule has 0 aliphatic heterocycles. The van der Waals surface area contributed by atoms with Crippen LogP contribution in [0.5, 0.6) is 0 Å². The van der Waals surface area contributed by atoms with E-state index in [-0.39, 0.29) is 5.00 Å². The molecule has 1 aromatic carbocycles. The average molecular weight is 403 g/mol. The van der Waals surface area contributed by atoms with Crippen LogP contribution in [0.2, 0.25) is 0 Å². The number of thiophene rings is 1. The Balaban J connectivity index is 1.88. The third-order valence-corrected chi connectivity index (χ3v) is 5.72. The van der Waals surface area contributed by atoms with Crippen molar-refractivity contribution in [3.63, 3.8) is 0 Å². The number of thiazole rings is 1. The molecule has 0 N–H and O–H groups in total. The molecule has 0 saturated heterocycles. The molecule has 0 radical (unpaired) electrons. The maximum atomic E-state index is 12.1. The third kappa shape index (κ3) is 4.01. The smallest absolute Gasteiger partial charge is 0.337 e. The molecule has 3 rings (SSSR count). The Labute approximate surface area is 160 Å². The molecule has 2 heterocycles. The normalized spacial score (nSPS) is 12.0. The number of fused-ring (bicyclic) bond motifs is 1. The van der Waals surface area contributed by atoms with Crippen LogP contribution in [0.4, 0.5) is 5.00 Å². The van der Waals surface area contributed by atoms with E-state index in [0.717, 1.165) is 21.6 Å². The number of nitrogens with zero attached hydrogens (tertiary/aromatic N) is 3. The minimum atomic E-state index is -0.485. The van der Waals surface area contributed by atoms with Gasteiger partial charge in [0.1, 0.15) is 0 Å². The summed E-state index contributed by atoms with van der Waals surface area (Å²) in [5.74, 6) is -0.920. The Bertz CT molecular complexity index is 1150. The van der Waals surface area contributed by atoms with E-state index in [0.29, 0.717) is 15.2 Å². The lowest BCUT2D eigenvalue weighted by Gasteiger charge is -1.99. The third-order valence-electron chi connectivity index (χ3n) is 3.62. The summed E-state index contributed by atoms with van der Waals surface area (Å²) < 4.78 is 7.26. The molecule has 1 amide bonds. The number of carbonyl (C=O) groups excluding carboxylic acids is 2. The maximum Gasteiger partial charge on any atom is 0.337 e. The van der Waals surface area contributed by atoms with Gasteiger partial charge in [-0.15, -0.1) is 0 Å². The zero-order chi connectivity index (χ0) is 19.6. The van der Waals surface area contributed by atoms with E-state index in [1.165, 1.54) is 36.7 Å². The Morgan fingerprint density at radius 1 is 1.26 bits per heavy atom. The fourth-order valence-corrected chi connectivity index (χ4v) is 4.09. The first kappa shape index (κ1) is 18.7. The summed E-state index contributed by atoms with van der Waals surface area (Å²) in [7, 11) is 3.09. The predicted octanol–water partition coefficient (Wildman–Crippen LogP) is 3.14. The van der Waals surface area contributed by atoms with Gasteiger partial charge in [0.25, 0.3) is 5.91 Å². The first-order valence-corrected chi connectivity index (χ1v) is 9.21. The van der Waals surface area contributed by atoms with Crippen LogP contribution in [0.15, 0.2) is 41.4 Å². The van der Waals surface area contributed by atoms with Gasteiger partial charge in [-0.1, -0.05) is 22.7 Å². The molecule has 0 atom stereocenters. The van der Waals surface area contributed by atoms with Gasteiger partial charge >= 0.3 is 11.0 Å². The summed E-state index contributed by atoms with van der Waals surface area (Å²) in [4.78, 5) is 39.1. The first-order valence-electron chi connectivity index (χ1n) is 7.58. The molecule has 0 aliphatic carbocycles. The van der Waals surface area contributed by atoms with Crippen LogP contribution < -0.4 is 4.80 Å². The number of benzene rings is 1. The summed E-state index contributed by atoms with van der Waals surface area (Å²) in [5, 5.41) is 10.7. The van der Waals surface area contributed by atoms with Gasteiger partial charge < -0.3 is 9.30 Å². The zero-order valence-electron chi connectivity index (χ0n) is 14.2. The van der Waals surface area contributed by atoms with Gasteiger partial charge in [-0.05, 0) is 30.3 Å². The van der Waals surface area contributed by atoms with Crippen molar-refractivity contribution >= 4 is 55.8 Å². The van der Waals surface area contributed by atoms with Crippen molar-refractivity contribution in [2.24, 2.45) is 12.0 Å². The van der Waals surface area contributed by atoms with E-state index in [9.17, 15) is 19.7 Å². The highest BCUT2D eigenvalue weighted by Crippen LogP contribution is 2.24. The number of ether oxygens (including phenoxy) is 1. The standard InChI is InChI=1S/C17H13N3O5S2/c1-19-12-6-3-10(16(22)25-2)9-13(12)27-17(19)18-14(21)7-4-11-5-8-15(26-11)20(23)24/h3-9H,1-2H3. The number of carbonyl (C=O) groups is 2. The van der Waals surface area contributed by atoms with Crippen molar-refractivity contribution in [1.82, 2.24) is 4.57 Å². The molecule has 27 heavy (non-hydrogen) atoms. The first-order chi connectivity index (χ1) is 12.9. The topological polar surface area (TPSA) is 104 Å². The van der Waals surface area contributed by atoms with Crippen LogP contribution >= 0.6 is 22.7 Å². The molecule has 2 aromatic heterocycles. The van der Waals surface area contributed by atoms with E-state index in [1.54, 1.807) is 35.9 Å². The molecule has 0 aliphatic rings. The molecule has 8 nitrogen and oxygen atoms in total. The fourth-order valence-electron chi connectivity index (χ4n) is 2.30. The molecule has 0 saturated carbocycles. The molecule has 3 aromatic rings. The van der Waals surface area contributed by atoms with Crippen molar-refractivity contribution in [3.8, 4) is 0 Å². The van der Waals surface area contributed by atoms with Crippen LogP contribution in [0.25, 0.3) is 16.3 Å². The van der Waals surface area contributed by atoms with Crippen molar-refractivity contribution < 1.29 is 19.2 Å². The van der Waals surface area contributed by atoms with Gasteiger partial charge in [0.05, 0.1) is 27.8 Å². The SMILES string of the molecule is COC(=O)c1ccc2c(c1)sc(=NC(=O)C=Cc1ccc([N+](=O)[O-])s1)n2C. The zero-order valence-corrected chi connectivity index (χ0v) is 15.9. The summed E-state index contributed by atoms with van der Waals surface area (Å²) in [5.41, 5.74) is 1.25. The number of hydrogen-bond acceptors (Lipinski definition) is 7. The minimum Gasteiger partial charge on any atom is -0.465 e. The van der Waals surface area contributed by atoms with Crippen LogP contribution in [0, 0.1) is 10.1 Å². The predicted molar refractivity (Wildman–Crippen MR) is 103 cm³/mol. The summed E-state index contributed by atoms with van der Waals surface area (Å²) >= 11 is 2.25. The number of hydrogen-bond donors (Lipinski definition) is 0. The van der Waals surface area contributed by atoms with Crippen molar-refractivity contribution in [1.29, 1.82) is 0 Å². The number of rotatable bonds is 4. The summed E-state index contributed by atoms with van der Waals surface area (Å²) in [6, 6.07) is 8.06. The summed E-state index contributed by atoms with van der Waals surface area (Å²) in [6.07, 6.45) is 2.76. The van der Waals surface area contributed by atoms with Crippen molar-refractivity contribution in [3.05, 3.63) is 61.8 Å². The van der Waals surface area contributed by atoms with E-state index < -0.39 is 16.8 Å². The fraction of sp³-hybridized carbons (Fsp3) is 0.118. The number of aryl methyl sites for hydroxylation is 1. The Kier molecular flexibility index (Phi) is 5.28. The Morgan fingerprint density at radius 3 is 2.70 bits per heavy atom. The van der Waals surface area contributed by atoms with E-state index in [2.05, 4.69) is 4.99 Å². The van der Waals surface area contributed by atoms with E-state index >= 15 is 0 Å². The van der Waals surface area contributed by atoms with E-state index in [1.807, 2.05) is 0 Å². The second-order valence-corrected chi connectivity index (χ2v) is 7.44. The molecule has 0 spiro atoms. The Hall–Kier alpha value is -3.11. The van der Waals surface area contributed by atoms with Crippen molar-refractivity contribution in [2.45, 2.75) is 0 Å². The molecule has 10 heteroatoms. The monoisotopic (exact) mass is 403 g/mol.